The van der Waals surface area contributed by atoms with Crippen molar-refractivity contribution in [1.29, 1.82) is 0 Å². The molecule has 1 N–H and O–H groups in total. The normalized spacial score (nSPS) is 10.7. The van der Waals surface area contributed by atoms with Crippen LogP contribution in [0.3, 0.4) is 0 Å². The van der Waals surface area contributed by atoms with E-state index in [4.69, 9.17) is 0 Å². The summed E-state index contributed by atoms with van der Waals surface area (Å²) in [5, 5.41) is 7.45. The van der Waals surface area contributed by atoms with Crippen molar-refractivity contribution in [3.63, 3.8) is 0 Å². The lowest BCUT2D eigenvalue weighted by Crippen LogP contribution is -2.24. The maximum absolute atomic E-state index is 12.7. The zero-order chi connectivity index (χ0) is 20.2. The van der Waals surface area contributed by atoms with Crippen molar-refractivity contribution < 1.29 is 4.79 Å². The average molecular weight is 382 g/mol. The summed E-state index contributed by atoms with van der Waals surface area (Å²) in [5.41, 5.74) is 5.06. The van der Waals surface area contributed by atoms with Crippen LogP contribution in [-0.2, 0) is 6.54 Å². The molecule has 29 heavy (non-hydrogen) atoms. The van der Waals surface area contributed by atoms with Crippen LogP contribution >= 0.6 is 0 Å². The van der Waals surface area contributed by atoms with Crippen molar-refractivity contribution >= 4 is 5.91 Å². The van der Waals surface area contributed by atoms with Crippen LogP contribution in [0.15, 0.2) is 78.9 Å². The Morgan fingerprint density at radius 1 is 0.897 bits per heavy atom. The molecular weight excluding hydrogens is 360 g/mol. The van der Waals surface area contributed by atoms with E-state index in [1.807, 2.05) is 92.7 Å². The number of para-hydroxylation sites is 1. The Morgan fingerprint density at radius 2 is 1.59 bits per heavy atom. The Kier molecular flexibility index (Phi) is 5.20. The molecule has 0 aliphatic rings. The number of hydrogen-bond donors (Lipinski definition) is 1. The number of aromatic nitrogens is 3. The number of benzene rings is 3. The molecule has 5 nitrogen and oxygen atoms in total. The monoisotopic (exact) mass is 382 g/mol. The molecule has 4 rings (SSSR count). The van der Waals surface area contributed by atoms with E-state index in [0.29, 0.717) is 12.4 Å². The van der Waals surface area contributed by atoms with Gasteiger partial charge in [-0.25, -0.2) is 9.67 Å². The molecule has 0 spiro atoms. The zero-order valence-corrected chi connectivity index (χ0v) is 16.5. The van der Waals surface area contributed by atoms with Crippen molar-refractivity contribution in [3.8, 4) is 17.1 Å². The van der Waals surface area contributed by atoms with Crippen LogP contribution in [0.2, 0.25) is 0 Å². The van der Waals surface area contributed by atoms with E-state index in [9.17, 15) is 4.79 Å². The van der Waals surface area contributed by atoms with E-state index in [1.165, 1.54) is 0 Å². The summed E-state index contributed by atoms with van der Waals surface area (Å²) in [6, 6.07) is 25.8. The molecule has 1 amide bonds. The molecule has 0 radical (unpaired) electrons. The van der Waals surface area contributed by atoms with Gasteiger partial charge in [0.1, 0.15) is 0 Å². The highest BCUT2D eigenvalue weighted by atomic mass is 16.2. The highest BCUT2D eigenvalue weighted by molar-refractivity contribution is 5.91. The predicted molar refractivity (Wildman–Crippen MR) is 114 cm³/mol. The Bertz CT molecular complexity index is 1130. The molecule has 1 aromatic heterocycles. The molecule has 4 aromatic rings. The number of amides is 1. The standard InChI is InChI=1S/C24H22N4O/c1-17-12-14-20(15-13-17)23-26-22(24(29)25-16-19-9-4-3-5-10-19)27-28(23)21-11-7-6-8-18(21)2/h3-15H,16H2,1-2H3,(H,25,29). The zero-order valence-electron chi connectivity index (χ0n) is 16.5. The fraction of sp³-hybridized carbons (Fsp3) is 0.125. The highest BCUT2D eigenvalue weighted by Crippen LogP contribution is 2.23. The van der Waals surface area contributed by atoms with Crippen molar-refractivity contribution in [1.82, 2.24) is 20.1 Å². The third kappa shape index (κ3) is 4.09. The van der Waals surface area contributed by atoms with Crippen molar-refractivity contribution in [2.24, 2.45) is 0 Å². The second kappa shape index (κ2) is 8.10. The van der Waals surface area contributed by atoms with Gasteiger partial charge in [-0.05, 0) is 31.0 Å². The average Bonchev–Trinajstić information content (AvgIpc) is 3.19. The first-order valence-electron chi connectivity index (χ1n) is 9.54. The Morgan fingerprint density at radius 3 is 2.31 bits per heavy atom. The first-order valence-corrected chi connectivity index (χ1v) is 9.54. The van der Waals surface area contributed by atoms with Crippen LogP contribution in [0.4, 0.5) is 0 Å². The smallest absolute Gasteiger partial charge is 0.291 e. The molecule has 0 atom stereocenters. The van der Waals surface area contributed by atoms with E-state index in [0.717, 1.165) is 27.9 Å². The van der Waals surface area contributed by atoms with Gasteiger partial charge in [0.05, 0.1) is 5.69 Å². The Labute approximate surface area is 170 Å². The molecule has 3 aromatic carbocycles. The maximum Gasteiger partial charge on any atom is 0.291 e. The van der Waals surface area contributed by atoms with Crippen molar-refractivity contribution in [2.75, 3.05) is 0 Å². The Balaban J connectivity index is 1.70. The van der Waals surface area contributed by atoms with Gasteiger partial charge < -0.3 is 5.32 Å². The molecular formula is C24H22N4O. The van der Waals surface area contributed by atoms with E-state index in [1.54, 1.807) is 4.68 Å². The minimum Gasteiger partial charge on any atom is -0.345 e. The number of hydrogen-bond acceptors (Lipinski definition) is 3. The molecule has 0 saturated carbocycles. The first-order chi connectivity index (χ1) is 14.1. The number of carbonyl (C=O) groups excluding carboxylic acids is 1. The van der Waals surface area contributed by atoms with Crippen LogP contribution < -0.4 is 5.32 Å². The van der Waals surface area contributed by atoms with Gasteiger partial charge in [0.25, 0.3) is 5.91 Å². The number of nitrogens with zero attached hydrogens (tertiary/aromatic N) is 3. The van der Waals surface area contributed by atoms with Crippen LogP contribution in [-0.4, -0.2) is 20.7 Å². The molecule has 0 aliphatic carbocycles. The van der Waals surface area contributed by atoms with Crippen LogP contribution in [0.1, 0.15) is 27.3 Å². The molecule has 0 bridgehead atoms. The largest absolute Gasteiger partial charge is 0.345 e. The third-order valence-corrected chi connectivity index (χ3v) is 4.76. The highest BCUT2D eigenvalue weighted by Gasteiger charge is 2.19. The lowest BCUT2D eigenvalue weighted by molar-refractivity contribution is 0.0940. The van der Waals surface area contributed by atoms with E-state index >= 15 is 0 Å². The fourth-order valence-corrected chi connectivity index (χ4v) is 3.12. The quantitative estimate of drug-likeness (QED) is 0.554. The topological polar surface area (TPSA) is 59.8 Å². The summed E-state index contributed by atoms with van der Waals surface area (Å²) < 4.78 is 1.75. The van der Waals surface area contributed by atoms with Crippen LogP contribution in [0, 0.1) is 13.8 Å². The van der Waals surface area contributed by atoms with Gasteiger partial charge in [0.2, 0.25) is 5.82 Å². The molecule has 0 saturated heterocycles. The van der Waals surface area contributed by atoms with E-state index < -0.39 is 0 Å². The second-order valence-electron chi connectivity index (χ2n) is 6.99. The van der Waals surface area contributed by atoms with E-state index in [-0.39, 0.29) is 11.7 Å². The number of aryl methyl sites for hydroxylation is 2. The van der Waals surface area contributed by atoms with Crippen LogP contribution in [0.25, 0.3) is 17.1 Å². The summed E-state index contributed by atoms with van der Waals surface area (Å²) in [6.07, 6.45) is 0. The number of carbonyl (C=O) groups is 1. The van der Waals surface area contributed by atoms with Gasteiger partial charge in [0.15, 0.2) is 5.82 Å². The first kappa shape index (κ1) is 18.6. The molecule has 1 heterocycles. The molecule has 144 valence electrons. The Hall–Kier alpha value is -3.73. The molecule has 0 aliphatic heterocycles. The minimum absolute atomic E-state index is 0.153. The summed E-state index contributed by atoms with van der Waals surface area (Å²) in [4.78, 5) is 17.3. The van der Waals surface area contributed by atoms with Gasteiger partial charge >= 0.3 is 0 Å². The third-order valence-electron chi connectivity index (χ3n) is 4.76. The SMILES string of the molecule is Cc1ccc(-c2nc(C(=O)NCc3ccccc3)nn2-c2ccccc2C)cc1. The summed E-state index contributed by atoms with van der Waals surface area (Å²) in [6.45, 7) is 4.49. The van der Waals surface area contributed by atoms with Gasteiger partial charge in [-0.3, -0.25) is 4.79 Å². The maximum atomic E-state index is 12.7. The molecule has 5 heteroatoms. The fourth-order valence-electron chi connectivity index (χ4n) is 3.12. The molecule has 0 unspecified atom stereocenters. The van der Waals surface area contributed by atoms with Crippen molar-refractivity contribution in [2.45, 2.75) is 20.4 Å². The second-order valence-corrected chi connectivity index (χ2v) is 6.99. The number of nitrogens with one attached hydrogen (secondary N) is 1. The van der Waals surface area contributed by atoms with Gasteiger partial charge in [-0.2, -0.15) is 0 Å². The number of rotatable bonds is 5. The van der Waals surface area contributed by atoms with Crippen LogP contribution in [0.5, 0.6) is 0 Å². The van der Waals surface area contributed by atoms with Gasteiger partial charge in [-0.1, -0.05) is 78.4 Å². The lowest BCUT2D eigenvalue weighted by Gasteiger charge is -2.08. The minimum atomic E-state index is -0.297. The van der Waals surface area contributed by atoms with Gasteiger partial charge in [0, 0.05) is 12.1 Å². The summed E-state index contributed by atoms with van der Waals surface area (Å²) >= 11 is 0. The lowest BCUT2D eigenvalue weighted by atomic mass is 10.1. The van der Waals surface area contributed by atoms with Gasteiger partial charge in [-0.15, -0.1) is 5.10 Å². The van der Waals surface area contributed by atoms with Crippen molar-refractivity contribution in [3.05, 3.63) is 101 Å². The molecule has 0 fully saturated rings. The summed E-state index contributed by atoms with van der Waals surface area (Å²) in [5.74, 6) is 0.499. The van der Waals surface area contributed by atoms with E-state index in [2.05, 4.69) is 15.4 Å². The summed E-state index contributed by atoms with van der Waals surface area (Å²) in [7, 11) is 0. The predicted octanol–water partition coefficient (Wildman–Crippen LogP) is 4.48.